The van der Waals surface area contributed by atoms with Gasteiger partial charge in [0.15, 0.2) is 5.76 Å². The first-order valence-electron chi connectivity index (χ1n) is 9.33. The van der Waals surface area contributed by atoms with Gasteiger partial charge in [0, 0.05) is 11.6 Å². The Morgan fingerprint density at radius 1 is 1.04 bits per heavy atom. The molecule has 2 fully saturated rings. The van der Waals surface area contributed by atoms with Gasteiger partial charge in [-0.2, -0.15) is 0 Å². The molecule has 1 spiro atoms. The average Bonchev–Trinajstić information content (AvgIpc) is 3.19. The van der Waals surface area contributed by atoms with Gasteiger partial charge in [0.25, 0.3) is 5.91 Å². The highest BCUT2D eigenvalue weighted by atomic mass is 16.5. The number of hydrogen-bond acceptors (Lipinski definition) is 4. The van der Waals surface area contributed by atoms with Gasteiger partial charge in [-0.3, -0.25) is 9.69 Å². The Balaban J connectivity index is 1.51. The van der Waals surface area contributed by atoms with Gasteiger partial charge in [0.2, 0.25) is 0 Å². The number of carbonyl (C=O) groups is 2. The average molecular weight is 353 g/mol. The Hall–Kier alpha value is -2.63. The minimum Gasteiger partial charge on any atom is -0.356 e. The van der Waals surface area contributed by atoms with E-state index in [4.69, 9.17) is 4.52 Å². The SMILES string of the molecule is O=C1NC2(CCCCCCC2)C(=O)N1Cc1cc(-c2ccccc2)on1. The summed E-state index contributed by atoms with van der Waals surface area (Å²) in [6, 6.07) is 11.1. The Morgan fingerprint density at radius 2 is 1.73 bits per heavy atom. The molecule has 1 saturated carbocycles. The van der Waals surface area contributed by atoms with Gasteiger partial charge in [-0.15, -0.1) is 0 Å². The van der Waals surface area contributed by atoms with Crippen LogP contribution in [0.1, 0.15) is 50.6 Å². The van der Waals surface area contributed by atoms with E-state index in [2.05, 4.69) is 10.5 Å². The predicted molar refractivity (Wildman–Crippen MR) is 96.1 cm³/mol. The molecule has 1 aliphatic heterocycles. The summed E-state index contributed by atoms with van der Waals surface area (Å²) < 4.78 is 5.39. The van der Waals surface area contributed by atoms with Crippen LogP contribution in [0.25, 0.3) is 11.3 Å². The van der Waals surface area contributed by atoms with E-state index in [-0.39, 0.29) is 18.5 Å². The van der Waals surface area contributed by atoms with Gasteiger partial charge in [0.05, 0.1) is 6.54 Å². The van der Waals surface area contributed by atoms with Crippen LogP contribution >= 0.6 is 0 Å². The highest BCUT2D eigenvalue weighted by Gasteiger charge is 2.50. The van der Waals surface area contributed by atoms with E-state index in [9.17, 15) is 9.59 Å². The van der Waals surface area contributed by atoms with Crippen molar-refractivity contribution in [1.82, 2.24) is 15.4 Å². The number of nitrogens with zero attached hydrogens (tertiary/aromatic N) is 2. The van der Waals surface area contributed by atoms with E-state index >= 15 is 0 Å². The molecule has 0 bridgehead atoms. The summed E-state index contributed by atoms with van der Waals surface area (Å²) in [5.74, 6) is 0.516. The summed E-state index contributed by atoms with van der Waals surface area (Å²) in [4.78, 5) is 26.8. The molecule has 6 nitrogen and oxygen atoms in total. The van der Waals surface area contributed by atoms with E-state index in [1.54, 1.807) is 6.07 Å². The topological polar surface area (TPSA) is 75.4 Å². The van der Waals surface area contributed by atoms with Crippen molar-refractivity contribution in [1.29, 1.82) is 0 Å². The molecule has 0 radical (unpaired) electrons. The molecule has 1 aromatic carbocycles. The van der Waals surface area contributed by atoms with Crippen molar-refractivity contribution < 1.29 is 14.1 Å². The largest absolute Gasteiger partial charge is 0.356 e. The first-order valence-corrected chi connectivity index (χ1v) is 9.33. The van der Waals surface area contributed by atoms with Crippen molar-refractivity contribution in [3.05, 3.63) is 42.1 Å². The third kappa shape index (κ3) is 3.11. The Kier molecular flexibility index (Phi) is 4.49. The standard InChI is InChI=1S/C20H23N3O3/c24-18-20(11-7-2-1-3-8-12-20)21-19(25)23(18)14-16-13-17(26-22-16)15-9-5-4-6-10-15/h4-6,9-10,13H,1-3,7-8,11-12,14H2,(H,21,25). The number of urea groups is 1. The molecule has 2 heterocycles. The number of imide groups is 1. The zero-order valence-electron chi connectivity index (χ0n) is 14.7. The molecule has 4 rings (SSSR count). The molecule has 3 amide bonds. The maximum absolute atomic E-state index is 13.0. The van der Waals surface area contributed by atoms with Crippen molar-refractivity contribution in [2.45, 2.75) is 57.0 Å². The van der Waals surface area contributed by atoms with Crippen LogP contribution in [-0.2, 0) is 11.3 Å². The summed E-state index contributed by atoms with van der Waals surface area (Å²) in [6.07, 6.45) is 6.85. The maximum Gasteiger partial charge on any atom is 0.325 e. The Morgan fingerprint density at radius 3 is 2.46 bits per heavy atom. The van der Waals surface area contributed by atoms with Gasteiger partial charge in [-0.05, 0) is 12.8 Å². The zero-order chi connectivity index (χ0) is 18.0. The van der Waals surface area contributed by atoms with Crippen molar-refractivity contribution in [2.75, 3.05) is 0 Å². The minimum absolute atomic E-state index is 0.117. The molecule has 1 saturated heterocycles. The lowest BCUT2D eigenvalue weighted by molar-refractivity contribution is -0.132. The second kappa shape index (κ2) is 6.94. The Labute approximate surface area is 152 Å². The molecule has 2 aliphatic rings. The summed E-state index contributed by atoms with van der Waals surface area (Å²) in [5, 5.41) is 7.02. The fourth-order valence-corrected chi connectivity index (χ4v) is 3.95. The van der Waals surface area contributed by atoms with Gasteiger partial charge >= 0.3 is 6.03 Å². The van der Waals surface area contributed by atoms with Crippen LogP contribution < -0.4 is 5.32 Å². The second-order valence-electron chi connectivity index (χ2n) is 7.22. The number of amides is 3. The van der Waals surface area contributed by atoms with E-state index < -0.39 is 5.54 Å². The molecule has 1 aliphatic carbocycles. The van der Waals surface area contributed by atoms with Crippen LogP contribution in [0, 0.1) is 0 Å². The molecular formula is C20H23N3O3. The van der Waals surface area contributed by atoms with Crippen LogP contribution in [0.15, 0.2) is 40.9 Å². The lowest BCUT2D eigenvalue weighted by atomic mass is 9.84. The summed E-state index contributed by atoms with van der Waals surface area (Å²) in [7, 11) is 0. The Bertz CT molecular complexity index is 792. The molecule has 2 aromatic rings. The first kappa shape index (κ1) is 16.8. The fourth-order valence-electron chi connectivity index (χ4n) is 3.95. The maximum atomic E-state index is 13.0. The smallest absolute Gasteiger partial charge is 0.325 e. The number of carbonyl (C=O) groups excluding carboxylic acids is 2. The summed E-state index contributed by atoms with van der Waals surface area (Å²) in [5.41, 5.74) is 0.777. The molecule has 1 aromatic heterocycles. The van der Waals surface area contributed by atoms with Crippen molar-refractivity contribution in [3.63, 3.8) is 0 Å². The molecule has 6 heteroatoms. The lowest BCUT2D eigenvalue weighted by Crippen LogP contribution is -2.47. The zero-order valence-corrected chi connectivity index (χ0v) is 14.7. The fraction of sp³-hybridized carbons (Fsp3) is 0.450. The van der Waals surface area contributed by atoms with Gasteiger partial charge < -0.3 is 9.84 Å². The number of rotatable bonds is 3. The lowest BCUT2D eigenvalue weighted by Gasteiger charge is -2.28. The third-order valence-corrected chi connectivity index (χ3v) is 5.39. The van der Waals surface area contributed by atoms with Crippen LogP contribution in [0.2, 0.25) is 0 Å². The van der Waals surface area contributed by atoms with Crippen molar-refractivity contribution in [2.24, 2.45) is 0 Å². The number of hydrogen-bond donors (Lipinski definition) is 1. The molecule has 0 atom stereocenters. The van der Waals surface area contributed by atoms with Crippen molar-refractivity contribution in [3.8, 4) is 11.3 Å². The molecule has 0 unspecified atom stereocenters. The summed E-state index contributed by atoms with van der Waals surface area (Å²) in [6.45, 7) is 0.142. The highest BCUT2D eigenvalue weighted by Crippen LogP contribution is 2.33. The molecule has 1 N–H and O–H groups in total. The quantitative estimate of drug-likeness (QED) is 0.850. The predicted octanol–water partition coefficient (Wildman–Crippen LogP) is 3.88. The second-order valence-corrected chi connectivity index (χ2v) is 7.22. The summed E-state index contributed by atoms with van der Waals surface area (Å²) >= 11 is 0. The first-order chi connectivity index (χ1) is 12.7. The van der Waals surface area contributed by atoms with Gasteiger partial charge in [-0.25, -0.2) is 4.79 Å². The normalized spacial score (nSPS) is 20.1. The molecular weight excluding hydrogens is 330 g/mol. The van der Waals surface area contributed by atoms with Crippen LogP contribution in [0.4, 0.5) is 4.79 Å². The van der Waals surface area contributed by atoms with E-state index in [1.165, 1.54) is 11.3 Å². The van der Waals surface area contributed by atoms with Crippen molar-refractivity contribution >= 4 is 11.9 Å². The number of nitrogens with one attached hydrogen (secondary N) is 1. The number of aromatic nitrogens is 1. The van der Waals surface area contributed by atoms with Gasteiger partial charge in [-0.1, -0.05) is 67.6 Å². The van der Waals surface area contributed by atoms with Crippen LogP contribution in [0.3, 0.4) is 0 Å². The highest BCUT2D eigenvalue weighted by molar-refractivity contribution is 6.06. The van der Waals surface area contributed by atoms with E-state index in [1.807, 2.05) is 30.3 Å². The minimum atomic E-state index is -0.719. The van der Waals surface area contributed by atoms with E-state index in [0.29, 0.717) is 11.5 Å². The number of benzene rings is 1. The monoisotopic (exact) mass is 353 g/mol. The van der Waals surface area contributed by atoms with Crippen LogP contribution in [-0.4, -0.2) is 27.5 Å². The third-order valence-electron chi connectivity index (χ3n) is 5.39. The molecule has 26 heavy (non-hydrogen) atoms. The molecule has 136 valence electrons. The van der Waals surface area contributed by atoms with E-state index in [0.717, 1.165) is 44.1 Å². The van der Waals surface area contributed by atoms with Gasteiger partial charge in [0.1, 0.15) is 11.2 Å². The van der Waals surface area contributed by atoms with Crippen LogP contribution in [0.5, 0.6) is 0 Å².